The monoisotopic (exact) mass is 304 g/mol. The maximum atomic E-state index is 12.5. The van der Waals surface area contributed by atoms with Gasteiger partial charge in [0.25, 0.3) is 0 Å². The molecule has 1 saturated heterocycles. The molecule has 1 aromatic rings. The number of rotatable bonds is 6. The molecule has 1 heterocycles. The Bertz CT molecular complexity index is 490. The van der Waals surface area contributed by atoms with Gasteiger partial charge in [-0.15, -0.1) is 0 Å². The summed E-state index contributed by atoms with van der Waals surface area (Å²) in [5, 5.41) is 9.05. The highest BCUT2D eigenvalue weighted by Crippen LogP contribution is 2.32. The lowest BCUT2D eigenvalue weighted by molar-refractivity contribution is 0.0773. The summed E-state index contributed by atoms with van der Waals surface area (Å²) in [7, 11) is 0. The lowest BCUT2D eigenvalue weighted by atomic mass is 10.2. The predicted octanol–water partition coefficient (Wildman–Crippen LogP) is 1.85. The van der Waals surface area contributed by atoms with Gasteiger partial charge in [0.15, 0.2) is 0 Å². The average molecular weight is 304 g/mol. The van der Waals surface area contributed by atoms with Crippen molar-refractivity contribution in [3.63, 3.8) is 0 Å². The fourth-order valence-electron chi connectivity index (χ4n) is 3.13. The molecule has 0 aromatic heterocycles. The van der Waals surface area contributed by atoms with Gasteiger partial charge < -0.3 is 14.7 Å². The third-order valence-electron chi connectivity index (χ3n) is 4.41. The molecule has 2 aliphatic rings. The molecule has 1 aliphatic carbocycles. The standard InChI is InChI=1S/C17H24N2O3/c20-11-10-18-9-8-16(12-18)19(15-6-7-15)17(21)22-13-14-4-2-1-3-5-14/h1-5,15-16,20H,6-13H2/t16-/m0/s1. The van der Waals surface area contributed by atoms with Gasteiger partial charge in [0, 0.05) is 31.7 Å². The van der Waals surface area contributed by atoms with Gasteiger partial charge in [-0.3, -0.25) is 4.90 Å². The number of carbonyl (C=O) groups excluding carboxylic acids is 1. The van der Waals surface area contributed by atoms with Crippen LogP contribution >= 0.6 is 0 Å². The number of β-amino-alcohol motifs (C(OH)–C–C–N with tert-alkyl or cyclic N) is 1. The van der Waals surface area contributed by atoms with E-state index in [0.717, 1.165) is 37.9 Å². The van der Waals surface area contributed by atoms with Crippen molar-refractivity contribution in [3.05, 3.63) is 35.9 Å². The van der Waals surface area contributed by atoms with Crippen LogP contribution < -0.4 is 0 Å². The Balaban J connectivity index is 1.56. The van der Waals surface area contributed by atoms with Crippen LogP contribution in [-0.2, 0) is 11.3 Å². The number of carbonyl (C=O) groups is 1. The second-order valence-corrected chi connectivity index (χ2v) is 6.15. The average Bonchev–Trinajstić information content (AvgIpc) is 3.26. The molecule has 2 fully saturated rings. The molecule has 0 radical (unpaired) electrons. The zero-order chi connectivity index (χ0) is 15.4. The zero-order valence-corrected chi connectivity index (χ0v) is 12.9. The molecule has 0 unspecified atom stereocenters. The van der Waals surface area contributed by atoms with E-state index < -0.39 is 0 Å². The lowest BCUT2D eigenvalue weighted by Crippen LogP contribution is -2.44. The van der Waals surface area contributed by atoms with Crippen molar-refractivity contribution >= 4 is 6.09 Å². The van der Waals surface area contributed by atoms with Crippen molar-refractivity contribution in [2.24, 2.45) is 0 Å². The summed E-state index contributed by atoms with van der Waals surface area (Å²) in [4.78, 5) is 16.6. The summed E-state index contributed by atoms with van der Waals surface area (Å²) in [6, 6.07) is 10.4. The Hall–Kier alpha value is -1.59. The van der Waals surface area contributed by atoms with Crippen molar-refractivity contribution in [2.45, 2.75) is 38.0 Å². The van der Waals surface area contributed by atoms with Crippen LogP contribution in [0, 0.1) is 0 Å². The third-order valence-corrected chi connectivity index (χ3v) is 4.41. The fraction of sp³-hybridized carbons (Fsp3) is 0.588. The molecule has 0 bridgehead atoms. The first-order valence-corrected chi connectivity index (χ1v) is 8.10. The molecule has 22 heavy (non-hydrogen) atoms. The molecular weight excluding hydrogens is 280 g/mol. The summed E-state index contributed by atoms with van der Waals surface area (Å²) >= 11 is 0. The molecule has 3 rings (SSSR count). The van der Waals surface area contributed by atoms with Gasteiger partial charge in [0.1, 0.15) is 6.61 Å². The van der Waals surface area contributed by atoms with Crippen LogP contribution in [0.1, 0.15) is 24.8 Å². The van der Waals surface area contributed by atoms with Gasteiger partial charge in [-0.2, -0.15) is 0 Å². The summed E-state index contributed by atoms with van der Waals surface area (Å²) in [6.45, 7) is 2.98. The highest BCUT2D eigenvalue weighted by molar-refractivity contribution is 5.69. The SMILES string of the molecule is O=C(OCc1ccccc1)N(C1CC1)[C@H]1CCN(CCO)C1. The van der Waals surface area contributed by atoms with Crippen molar-refractivity contribution in [1.29, 1.82) is 0 Å². The number of hydrogen-bond acceptors (Lipinski definition) is 4. The molecule has 1 saturated carbocycles. The van der Waals surface area contributed by atoms with Gasteiger partial charge in [-0.05, 0) is 24.8 Å². The predicted molar refractivity (Wildman–Crippen MR) is 83.4 cm³/mol. The first-order valence-electron chi connectivity index (χ1n) is 8.10. The first kappa shape index (κ1) is 15.3. The van der Waals surface area contributed by atoms with E-state index in [4.69, 9.17) is 9.84 Å². The van der Waals surface area contributed by atoms with Crippen LogP contribution in [0.3, 0.4) is 0 Å². The minimum Gasteiger partial charge on any atom is -0.445 e. The largest absolute Gasteiger partial charge is 0.445 e. The Morgan fingerprint density at radius 3 is 2.68 bits per heavy atom. The quantitative estimate of drug-likeness (QED) is 0.871. The normalized spacial score (nSPS) is 21.8. The summed E-state index contributed by atoms with van der Waals surface area (Å²) in [5.74, 6) is 0. The van der Waals surface area contributed by atoms with Crippen LogP contribution in [0.15, 0.2) is 30.3 Å². The number of likely N-dealkylation sites (tertiary alicyclic amines) is 1. The molecular formula is C17H24N2O3. The minimum atomic E-state index is -0.192. The molecule has 0 spiro atoms. The number of aliphatic hydroxyl groups is 1. The van der Waals surface area contributed by atoms with Crippen molar-refractivity contribution in [1.82, 2.24) is 9.80 Å². The molecule has 1 aliphatic heterocycles. The van der Waals surface area contributed by atoms with E-state index in [1.807, 2.05) is 35.2 Å². The zero-order valence-electron chi connectivity index (χ0n) is 12.9. The number of hydrogen-bond donors (Lipinski definition) is 1. The molecule has 5 heteroatoms. The Kier molecular flexibility index (Phi) is 4.95. The summed E-state index contributed by atoms with van der Waals surface area (Å²) in [6.07, 6.45) is 2.94. The van der Waals surface area contributed by atoms with Crippen molar-refractivity contribution in [2.75, 3.05) is 26.2 Å². The highest BCUT2D eigenvalue weighted by atomic mass is 16.6. The van der Waals surface area contributed by atoms with Crippen molar-refractivity contribution < 1.29 is 14.6 Å². The van der Waals surface area contributed by atoms with E-state index in [9.17, 15) is 4.79 Å². The number of benzene rings is 1. The molecule has 120 valence electrons. The van der Waals surface area contributed by atoms with Crippen molar-refractivity contribution in [3.8, 4) is 0 Å². The first-order chi connectivity index (χ1) is 10.8. The van der Waals surface area contributed by atoms with Crippen LogP contribution in [-0.4, -0.2) is 59.3 Å². The Morgan fingerprint density at radius 1 is 1.23 bits per heavy atom. The van der Waals surface area contributed by atoms with E-state index in [1.54, 1.807) is 0 Å². The van der Waals surface area contributed by atoms with E-state index in [2.05, 4.69) is 4.90 Å². The number of aliphatic hydroxyl groups excluding tert-OH is 1. The fourth-order valence-corrected chi connectivity index (χ4v) is 3.13. The Labute approximate surface area is 131 Å². The summed E-state index contributed by atoms with van der Waals surface area (Å²) in [5.41, 5.74) is 1.01. The number of nitrogens with zero attached hydrogens (tertiary/aromatic N) is 2. The van der Waals surface area contributed by atoms with Gasteiger partial charge in [-0.25, -0.2) is 4.79 Å². The minimum absolute atomic E-state index is 0.175. The van der Waals surface area contributed by atoms with E-state index in [1.165, 1.54) is 0 Å². The smallest absolute Gasteiger partial charge is 0.410 e. The van der Waals surface area contributed by atoms with E-state index in [0.29, 0.717) is 19.2 Å². The topological polar surface area (TPSA) is 53.0 Å². The molecule has 1 amide bonds. The lowest BCUT2D eigenvalue weighted by Gasteiger charge is -2.28. The van der Waals surface area contributed by atoms with E-state index in [-0.39, 0.29) is 18.7 Å². The van der Waals surface area contributed by atoms with Gasteiger partial charge in [-0.1, -0.05) is 30.3 Å². The van der Waals surface area contributed by atoms with Gasteiger partial charge >= 0.3 is 6.09 Å². The summed E-state index contributed by atoms with van der Waals surface area (Å²) < 4.78 is 5.52. The number of amides is 1. The van der Waals surface area contributed by atoms with Gasteiger partial charge in [0.05, 0.1) is 6.61 Å². The molecule has 1 atom stereocenters. The molecule has 1 aromatic carbocycles. The van der Waals surface area contributed by atoms with Gasteiger partial charge in [0.2, 0.25) is 0 Å². The third kappa shape index (κ3) is 3.78. The molecule has 1 N–H and O–H groups in total. The highest BCUT2D eigenvalue weighted by Gasteiger charge is 2.40. The van der Waals surface area contributed by atoms with Crippen LogP contribution in [0.4, 0.5) is 4.79 Å². The van der Waals surface area contributed by atoms with Crippen LogP contribution in [0.25, 0.3) is 0 Å². The second kappa shape index (κ2) is 7.11. The maximum Gasteiger partial charge on any atom is 0.410 e. The number of ether oxygens (including phenoxy) is 1. The maximum absolute atomic E-state index is 12.5. The van der Waals surface area contributed by atoms with Crippen LogP contribution in [0.2, 0.25) is 0 Å². The Morgan fingerprint density at radius 2 is 2.00 bits per heavy atom. The van der Waals surface area contributed by atoms with E-state index >= 15 is 0 Å². The van der Waals surface area contributed by atoms with Crippen LogP contribution in [0.5, 0.6) is 0 Å². The second-order valence-electron chi connectivity index (χ2n) is 6.15. The molecule has 5 nitrogen and oxygen atoms in total.